The third kappa shape index (κ3) is 5.13. The number of carbonyl (C=O) groups excluding carboxylic acids is 1. The van der Waals surface area contributed by atoms with Gasteiger partial charge in [-0.1, -0.05) is 41.7 Å². The van der Waals surface area contributed by atoms with Crippen molar-refractivity contribution < 1.29 is 19.2 Å². The number of rotatable bonds is 8. The van der Waals surface area contributed by atoms with Crippen LogP contribution in [0.15, 0.2) is 48.5 Å². The van der Waals surface area contributed by atoms with E-state index in [1.54, 1.807) is 25.2 Å². The summed E-state index contributed by atoms with van der Waals surface area (Å²) in [4.78, 5) is 20.7. The molecule has 7 heteroatoms. The number of ether oxygens (including phenoxy) is 2. The van der Waals surface area contributed by atoms with E-state index in [4.69, 9.17) is 14.5 Å². The van der Waals surface area contributed by atoms with Gasteiger partial charge in [0.15, 0.2) is 16.6 Å². The highest BCUT2D eigenvalue weighted by Crippen LogP contribution is 2.37. The number of methoxy groups -OCH3 is 2. The molecule has 0 bridgehead atoms. The number of amides is 1. The Bertz CT molecular complexity index is 958. The number of hydrogen-bond donors (Lipinski definition) is 1. The lowest BCUT2D eigenvalue weighted by molar-refractivity contribution is -0.856. The summed E-state index contributed by atoms with van der Waals surface area (Å²) in [6, 6.07) is 13.5. The Hall–Kier alpha value is -2.90. The first-order valence-corrected chi connectivity index (χ1v) is 10.2. The van der Waals surface area contributed by atoms with E-state index < -0.39 is 0 Å². The van der Waals surface area contributed by atoms with Crippen molar-refractivity contribution in [2.75, 3.05) is 46.3 Å². The third-order valence-corrected chi connectivity index (χ3v) is 5.47. The number of hydrogen-bond acceptors (Lipinski definition) is 5. The summed E-state index contributed by atoms with van der Waals surface area (Å²) < 4.78 is 11.7. The molecule has 1 aromatic heterocycles. The third-order valence-electron chi connectivity index (χ3n) is 4.43. The van der Waals surface area contributed by atoms with Crippen molar-refractivity contribution in [3.63, 3.8) is 0 Å². The molecule has 0 aliphatic heterocycles. The topological polar surface area (TPSA) is 56.1 Å². The van der Waals surface area contributed by atoms with E-state index in [0.29, 0.717) is 23.2 Å². The first-order valence-electron chi connectivity index (χ1n) is 9.38. The van der Waals surface area contributed by atoms with Crippen LogP contribution in [0, 0.1) is 0 Å². The van der Waals surface area contributed by atoms with Crippen LogP contribution in [0.4, 0.5) is 5.13 Å². The Morgan fingerprint density at radius 3 is 2.48 bits per heavy atom. The van der Waals surface area contributed by atoms with Crippen molar-refractivity contribution in [3.05, 3.63) is 54.1 Å². The van der Waals surface area contributed by atoms with Crippen molar-refractivity contribution >= 4 is 38.7 Å². The zero-order valence-electron chi connectivity index (χ0n) is 17.1. The van der Waals surface area contributed by atoms with E-state index in [-0.39, 0.29) is 5.91 Å². The molecule has 152 valence electrons. The van der Waals surface area contributed by atoms with Gasteiger partial charge < -0.3 is 14.4 Å². The van der Waals surface area contributed by atoms with Gasteiger partial charge in [0.25, 0.3) is 5.91 Å². The summed E-state index contributed by atoms with van der Waals surface area (Å²) >= 11 is 1.47. The number of carbonyl (C=O) groups is 1. The Balaban J connectivity index is 1.93. The number of fused-ring (bicyclic) bond motifs is 1. The van der Waals surface area contributed by atoms with Crippen LogP contribution in [-0.4, -0.2) is 52.3 Å². The Morgan fingerprint density at radius 1 is 1.14 bits per heavy atom. The summed E-state index contributed by atoms with van der Waals surface area (Å²) in [6.45, 7) is 1.39. The van der Waals surface area contributed by atoms with Gasteiger partial charge in [0, 0.05) is 18.2 Å². The molecule has 29 heavy (non-hydrogen) atoms. The van der Waals surface area contributed by atoms with Crippen LogP contribution in [-0.2, 0) is 4.79 Å². The van der Waals surface area contributed by atoms with Gasteiger partial charge in [-0.05, 0) is 11.6 Å². The van der Waals surface area contributed by atoms with Gasteiger partial charge in [0.05, 0.1) is 51.6 Å². The number of quaternary nitrogens is 1. The van der Waals surface area contributed by atoms with E-state index in [9.17, 15) is 4.79 Å². The minimum Gasteiger partial charge on any atom is -0.493 e. The summed E-state index contributed by atoms with van der Waals surface area (Å²) in [5, 5.41) is 0.666. The lowest BCUT2D eigenvalue weighted by Crippen LogP contribution is -3.06. The number of likely N-dealkylation sites (N-methyl/N-ethyl adjacent to an activating group) is 1. The molecule has 0 unspecified atom stereocenters. The van der Waals surface area contributed by atoms with E-state index in [0.717, 1.165) is 22.3 Å². The quantitative estimate of drug-likeness (QED) is 0.578. The molecule has 0 saturated heterocycles. The fourth-order valence-corrected chi connectivity index (χ4v) is 3.82. The van der Waals surface area contributed by atoms with Crippen LogP contribution in [0.25, 0.3) is 16.3 Å². The smallest absolute Gasteiger partial charge is 0.252 e. The van der Waals surface area contributed by atoms with Crippen molar-refractivity contribution in [1.29, 1.82) is 0 Å². The van der Waals surface area contributed by atoms with Gasteiger partial charge in [-0.3, -0.25) is 9.69 Å². The zero-order valence-corrected chi connectivity index (χ0v) is 18.0. The highest BCUT2D eigenvalue weighted by Gasteiger charge is 2.20. The van der Waals surface area contributed by atoms with Gasteiger partial charge in [0.1, 0.15) is 0 Å². The average Bonchev–Trinajstić information content (AvgIpc) is 3.14. The Labute approximate surface area is 175 Å². The number of thiazole rings is 1. The maximum absolute atomic E-state index is 13.0. The SMILES string of the molecule is COc1cc2nc(N(CC[NH+](C)C)C(=O)/C=C/c3ccccc3)sc2cc1OC. The predicted molar refractivity (Wildman–Crippen MR) is 118 cm³/mol. The lowest BCUT2D eigenvalue weighted by atomic mass is 10.2. The molecule has 0 spiro atoms. The van der Waals surface area contributed by atoms with Crippen LogP contribution >= 0.6 is 11.3 Å². The highest BCUT2D eigenvalue weighted by atomic mass is 32.1. The van der Waals surface area contributed by atoms with Crippen LogP contribution in [0.3, 0.4) is 0 Å². The first-order chi connectivity index (χ1) is 14.0. The standard InChI is InChI=1S/C22H25N3O3S/c1-24(2)12-13-25(21(26)11-10-16-8-6-5-7-9-16)22-23-17-14-18(27-3)19(28-4)15-20(17)29-22/h5-11,14-15H,12-13H2,1-4H3/p+1/b11-10+. The highest BCUT2D eigenvalue weighted by molar-refractivity contribution is 7.22. The van der Waals surface area contributed by atoms with E-state index in [1.807, 2.05) is 48.5 Å². The molecule has 0 aliphatic rings. The minimum atomic E-state index is -0.0897. The van der Waals surface area contributed by atoms with E-state index in [2.05, 4.69) is 14.1 Å². The molecule has 3 aromatic rings. The molecule has 0 fully saturated rings. The Morgan fingerprint density at radius 2 is 1.83 bits per heavy atom. The molecule has 1 amide bonds. The number of benzene rings is 2. The number of nitrogens with one attached hydrogen (secondary N) is 1. The molecule has 0 radical (unpaired) electrons. The summed E-state index contributed by atoms with van der Waals surface area (Å²) in [5.74, 6) is 1.18. The van der Waals surface area contributed by atoms with Crippen molar-refractivity contribution in [2.24, 2.45) is 0 Å². The maximum atomic E-state index is 13.0. The largest absolute Gasteiger partial charge is 0.493 e. The van der Waals surface area contributed by atoms with Gasteiger partial charge >= 0.3 is 0 Å². The lowest BCUT2D eigenvalue weighted by Gasteiger charge is -2.19. The molecule has 1 heterocycles. The molecular weight excluding hydrogens is 386 g/mol. The normalized spacial score (nSPS) is 11.3. The molecule has 3 rings (SSSR count). The monoisotopic (exact) mass is 412 g/mol. The molecule has 2 aromatic carbocycles. The molecule has 0 aliphatic carbocycles. The second kappa shape index (κ2) is 9.54. The van der Waals surface area contributed by atoms with E-state index in [1.165, 1.54) is 16.2 Å². The molecule has 1 N–H and O–H groups in total. The minimum absolute atomic E-state index is 0.0897. The fraction of sp³-hybridized carbons (Fsp3) is 0.273. The number of anilines is 1. The van der Waals surface area contributed by atoms with Crippen LogP contribution in [0.2, 0.25) is 0 Å². The number of aromatic nitrogens is 1. The van der Waals surface area contributed by atoms with Crippen LogP contribution in [0.1, 0.15) is 5.56 Å². The summed E-state index contributed by atoms with van der Waals surface area (Å²) in [6.07, 6.45) is 3.44. The van der Waals surface area contributed by atoms with Gasteiger partial charge in [0.2, 0.25) is 0 Å². The van der Waals surface area contributed by atoms with Crippen molar-refractivity contribution in [3.8, 4) is 11.5 Å². The van der Waals surface area contributed by atoms with Gasteiger partial charge in [-0.2, -0.15) is 0 Å². The number of nitrogens with zero attached hydrogens (tertiary/aromatic N) is 2. The average molecular weight is 413 g/mol. The zero-order chi connectivity index (χ0) is 20.8. The van der Waals surface area contributed by atoms with Gasteiger partial charge in [-0.25, -0.2) is 4.98 Å². The summed E-state index contributed by atoms with van der Waals surface area (Å²) in [7, 11) is 7.34. The molecular formula is C22H26N3O3S+. The van der Waals surface area contributed by atoms with Crippen molar-refractivity contribution in [2.45, 2.75) is 0 Å². The summed E-state index contributed by atoms with van der Waals surface area (Å²) in [5.41, 5.74) is 1.77. The second-order valence-electron chi connectivity index (χ2n) is 6.86. The Kier molecular flexibility index (Phi) is 6.85. The van der Waals surface area contributed by atoms with Crippen molar-refractivity contribution in [1.82, 2.24) is 4.98 Å². The van der Waals surface area contributed by atoms with E-state index >= 15 is 0 Å². The molecule has 0 saturated carbocycles. The van der Waals surface area contributed by atoms with Crippen LogP contribution in [0.5, 0.6) is 11.5 Å². The van der Waals surface area contributed by atoms with Gasteiger partial charge in [-0.15, -0.1) is 0 Å². The second-order valence-corrected chi connectivity index (χ2v) is 7.87. The molecule has 6 nitrogen and oxygen atoms in total. The molecule has 0 atom stereocenters. The predicted octanol–water partition coefficient (Wildman–Crippen LogP) is 2.50. The first kappa shape index (κ1) is 20.8. The maximum Gasteiger partial charge on any atom is 0.252 e. The van der Waals surface area contributed by atoms with Crippen LogP contribution < -0.4 is 19.3 Å². The fourth-order valence-electron chi connectivity index (χ4n) is 2.82.